The molecule has 0 aliphatic heterocycles. The third kappa shape index (κ3) is 3.68. The Hall–Kier alpha value is -1.13. The largest absolute Gasteiger partial charge is 0.465 e. The number of aryl methyl sites for hydroxylation is 1. The van der Waals surface area contributed by atoms with Crippen LogP contribution in [0.15, 0.2) is 21.9 Å². The van der Waals surface area contributed by atoms with E-state index in [1.165, 1.54) is 10.7 Å². The average molecular weight is 264 g/mol. The summed E-state index contributed by atoms with van der Waals surface area (Å²) in [7, 11) is 0. The normalized spacial score (nSPS) is 11.3. The van der Waals surface area contributed by atoms with Gasteiger partial charge in [0.15, 0.2) is 0 Å². The van der Waals surface area contributed by atoms with Gasteiger partial charge in [0, 0.05) is 24.3 Å². The van der Waals surface area contributed by atoms with Crippen LogP contribution in [0.4, 0.5) is 0 Å². The van der Waals surface area contributed by atoms with Crippen LogP contribution in [0.25, 0.3) is 0 Å². The van der Waals surface area contributed by atoms with Gasteiger partial charge in [-0.1, -0.05) is 13.8 Å². The smallest absolute Gasteiger partial charge is 0.117 e. The lowest BCUT2D eigenvalue weighted by atomic mass is 10.2. The van der Waals surface area contributed by atoms with Crippen LogP contribution in [-0.4, -0.2) is 11.5 Å². The molecule has 0 radical (unpaired) electrons. The zero-order valence-electron chi connectivity index (χ0n) is 11.2. The van der Waals surface area contributed by atoms with E-state index >= 15 is 0 Å². The van der Waals surface area contributed by atoms with Gasteiger partial charge < -0.3 is 9.73 Å². The fourth-order valence-corrected chi connectivity index (χ4v) is 2.58. The van der Waals surface area contributed by atoms with E-state index in [1.54, 1.807) is 11.3 Å². The van der Waals surface area contributed by atoms with Crippen molar-refractivity contribution in [1.82, 2.24) is 10.3 Å². The maximum Gasteiger partial charge on any atom is 0.117 e. The van der Waals surface area contributed by atoms with Gasteiger partial charge >= 0.3 is 0 Å². The summed E-state index contributed by atoms with van der Waals surface area (Å²) in [6, 6.07) is 4.01. The Morgan fingerprint density at radius 3 is 2.83 bits per heavy atom. The first-order chi connectivity index (χ1) is 8.65. The summed E-state index contributed by atoms with van der Waals surface area (Å²) in [5, 5.41) is 6.76. The molecule has 0 saturated carbocycles. The molecule has 0 spiro atoms. The van der Waals surface area contributed by atoms with Crippen LogP contribution in [0.5, 0.6) is 0 Å². The van der Waals surface area contributed by atoms with E-state index in [0.29, 0.717) is 5.92 Å². The molecule has 0 atom stereocenters. The van der Waals surface area contributed by atoms with Crippen molar-refractivity contribution in [3.8, 4) is 0 Å². The van der Waals surface area contributed by atoms with Crippen molar-refractivity contribution in [3.63, 3.8) is 0 Å². The molecule has 0 unspecified atom stereocenters. The maximum atomic E-state index is 5.50. The van der Waals surface area contributed by atoms with E-state index in [-0.39, 0.29) is 0 Å². The Morgan fingerprint density at radius 2 is 2.22 bits per heavy atom. The Bertz CT molecular complexity index is 487. The molecule has 0 bridgehead atoms. The second kappa shape index (κ2) is 6.16. The molecule has 4 heteroatoms. The number of nitrogens with zero attached hydrogens (tertiary/aromatic N) is 1. The SMILES string of the molecule is Cc1ccc(CNCCc2csc(C(C)C)n2)o1. The molecule has 2 rings (SSSR count). The number of thiazole rings is 1. The van der Waals surface area contributed by atoms with Crippen molar-refractivity contribution in [2.45, 2.75) is 39.7 Å². The van der Waals surface area contributed by atoms with Gasteiger partial charge in [-0.15, -0.1) is 11.3 Å². The number of aromatic nitrogens is 1. The lowest BCUT2D eigenvalue weighted by molar-refractivity contribution is 0.462. The van der Waals surface area contributed by atoms with Gasteiger partial charge in [-0.3, -0.25) is 0 Å². The molecule has 0 aliphatic carbocycles. The van der Waals surface area contributed by atoms with Gasteiger partial charge in [0.2, 0.25) is 0 Å². The van der Waals surface area contributed by atoms with Crippen molar-refractivity contribution >= 4 is 11.3 Å². The summed E-state index contributed by atoms with van der Waals surface area (Å²) in [4.78, 5) is 4.61. The van der Waals surface area contributed by atoms with E-state index in [0.717, 1.165) is 31.0 Å². The minimum atomic E-state index is 0.530. The van der Waals surface area contributed by atoms with Crippen molar-refractivity contribution in [2.75, 3.05) is 6.54 Å². The summed E-state index contributed by atoms with van der Waals surface area (Å²) in [6.07, 6.45) is 0.975. The minimum absolute atomic E-state index is 0.530. The third-order valence-corrected chi connectivity index (χ3v) is 3.91. The molecule has 2 heterocycles. The molecule has 1 N–H and O–H groups in total. The summed E-state index contributed by atoms with van der Waals surface area (Å²) in [5.41, 5.74) is 1.19. The third-order valence-electron chi connectivity index (χ3n) is 2.72. The molecule has 0 amide bonds. The van der Waals surface area contributed by atoms with Crippen LogP contribution in [-0.2, 0) is 13.0 Å². The van der Waals surface area contributed by atoms with E-state index in [1.807, 2.05) is 19.1 Å². The van der Waals surface area contributed by atoms with E-state index in [2.05, 4.69) is 29.5 Å². The Kier molecular flexibility index (Phi) is 4.55. The van der Waals surface area contributed by atoms with Gasteiger partial charge in [0.1, 0.15) is 11.5 Å². The predicted molar refractivity (Wildman–Crippen MR) is 75.1 cm³/mol. The lowest BCUT2D eigenvalue weighted by Crippen LogP contribution is -2.16. The van der Waals surface area contributed by atoms with Gasteiger partial charge in [-0.2, -0.15) is 0 Å². The second-order valence-electron chi connectivity index (χ2n) is 4.77. The van der Waals surface area contributed by atoms with Crippen molar-refractivity contribution < 1.29 is 4.42 Å². The first kappa shape index (κ1) is 13.3. The summed E-state index contributed by atoms with van der Waals surface area (Å²) < 4.78 is 5.50. The highest BCUT2D eigenvalue weighted by atomic mass is 32.1. The van der Waals surface area contributed by atoms with Crippen molar-refractivity contribution in [3.05, 3.63) is 39.7 Å². The van der Waals surface area contributed by atoms with Crippen molar-refractivity contribution in [1.29, 1.82) is 0 Å². The van der Waals surface area contributed by atoms with Crippen LogP contribution in [0.2, 0.25) is 0 Å². The molecule has 0 fully saturated rings. The first-order valence-corrected chi connectivity index (χ1v) is 7.23. The van der Waals surface area contributed by atoms with Crippen LogP contribution >= 0.6 is 11.3 Å². The molecular weight excluding hydrogens is 244 g/mol. The summed E-state index contributed by atoms with van der Waals surface area (Å²) in [5.74, 6) is 2.49. The van der Waals surface area contributed by atoms with Crippen molar-refractivity contribution in [2.24, 2.45) is 0 Å². The molecule has 3 nitrogen and oxygen atoms in total. The quantitative estimate of drug-likeness (QED) is 0.811. The topological polar surface area (TPSA) is 38.1 Å². The van der Waals surface area contributed by atoms with Gasteiger partial charge in [-0.05, 0) is 19.1 Å². The number of hydrogen-bond acceptors (Lipinski definition) is 4. The highest BCUT2D eigenvalue weighted by molar-refractivity contribution is 7.09. The predicted octanol–water partition coefficient (Wildman–Crippen LogP) is 3.50. The highest BCUT2D eigenvalue weighted by Crippen LogP contribution is 2.19. The Labute approximate surface area is 112 Å². The van der Waals surface area contributed by atoms with Crippen LogP contribution < -0.4 is 5.32 Å². The van der Waals surface area contributed by atoms with Crippen LogP contribution in [0, 0.1) is 6.92 Å². The molecule has 2 aromatic rings. The molecule has 2 aromatic heterocycles. The highest BCUT2D eigenvalue weighted by Gasteiger charge is 2.05. The zero-order valence-corrected chi connectivity index (χ0v) is 12.0. The monoisotopic (exact) mass is 264 g/mol. The Morgan fingerprint density at radius 1 is 1.39 bits per heavy atom. The maximum absolute atomic E-state index is 5.50. The standard InChI is InChI=1S/C14H20N2OS/c1-10(2)14-16-12(9-18-14)6-7-15-8-13-5-4-11(3)17-13/h4-5,9-10,15H,6-8H2,1-3H3. The molecule has 18 heavy (non-hydrogen) atoms. The number of rotatable bonds is 6. The molecule has 0 aliphatic rings. The average Bonchev–Trinajstić information content (AvgIpc) is 2.93. The number of furan rings is 1. The Balaban J connectivity index is 1.71. The lowest BCUT2D eigenvalue weighted by Gasteiger charge is -2.01. The second-order valence-corrected chi connectivity index (χ2v) is 5.66. The zero-order chi connectivity index (χ0) is 13.0. The van der Waals surface area contributed by atoms with Gasteiger partial charge in [-0.25, -0.2) is 4.98 Å². The first-order valence-electron chi connectivity index (χ1n) is 6.35. The summed E-state index contributed by atoms with van der Waals surface area (Å²) >= 11 is 1.76. The van der Waals surface area contributed by atoms with Gasteiger partial charge in [0.25, 0.3) is 0 Å². The fourth-order valence-electron chi connectivity index (χ4n) is 1.71. The van der Waals surface area contributed by atoms with Gasteiger partial charge in [0.05, 0.1) is 17.2 Å². The summed E-state index contributed by atoms with van der Waals surface area (Å²) in [6.45, 7) is 8.04. The number of nitrogens with one attached hydrogen (secondary N) is 1. The molecule has 98 valence electrons. The van der Waals surface area contributed by atoms with E-state index < -0.39 is 0 Å². The minimum Gasteiger partial charge on any atom is -0.465 e. The van der Waals surface area contributed by atoms with E-state index in [9.17, 15) is 0 Å². The fraction of sp³-hybridized carbons (Fsp3) is 0.500. The molecule has 0 aromatic carbocycles. The van der Waals surface area contributed by atoms with E-state index in [4.69, 9.17) is 4.42 Å². The van der Waals surface area contributed by atoms with Crippen LogP contribution in [0.1, 0.15) is 42.0 Å². The number of hydrogen-bond donors (Lipinski definition) is 1. The van der Waals surface area contributed by atoms with Crippen LogP contribution in [0.3, 0.4) is 0 Å². The molecule has 0 saturated heterocycles. The molecular formula is C14H20N2OS.